The highest BCUT2D eigenvalue weighted by molar-refractivity contribution is 5.68. The molecule has 3 N–H and O–H groups in total. The molecule has 1 atom stereocenters. The fraction of sp³-hybridized carbons (Fsp3) is 0.417. The molecule has 5 rings (SSSR count). The van der Waals surface area contributed by atoms with E-state index in [1.807, 2.05) is 36.8 Å². The highest BCUT2D eigenvalue weighted by atomic mass is 15.3. The molecule has 1 unspecified atom stereocenters. The van der Waals surface area contributed by atoms with Crippen LogP contribution in [0.5, 0.6) is 0 Å². The summed E-state index contributed by atoms with van der Waals surface area (Å²) < 4.78 is 2.08. The van der Waals surface area contributed by atoms with Crippen LogP contribution >= 0.6 is 0 Å². The maximum atomic E-state index is 9.45. The van der Waals surface area contributed by atoms with Gasteiger partial charge in [0.25, 0.3) is 0 Å². The lowest BCUT2D eigenvalue weighted by Crippen LogP contribution is -2.31. The first kappa shape index (κ1) is 21.4. The Morgan fingerprint density at radius 1 is 1.09 bits per heavy atom. The van der Waals surface area contributed by atoms with Crippen molar-refractivity contribution in [3.05, 3.63) is 48.5 Å². The van der Waals surface area contributed by atoms with Gasteiger partial charge < -0.3 is 20.9 Å². The number of likely N-dealkylation sites (tertiary alicyclic amines) is 1. The molecule has 2 saturated heterocycles. The Bertz CT molecular complexity index is 1120. The second-order valence-electron chi connectivity index (χ2n) is 8.87. The molecule has 0 radical (unpaired) electrons. The van der Waals surface area contributed by atoms with Crippen molar-refractivity contribution in [1.29, 1.82) is 5.26 Å². The summed E-state index contributed by atoms with van der Waals surface area (Å²) in [5.41, 5.74) is 4.26. The van der Waals surface area contributed by atoms with Gasteiger partial charge in [-0.25, -0.2) is 9.97 Å². The van der Waals surface area contributed by atoms with E-state index >= 15 is 0 Å². The van der Waals surface area contributed by atoms with Gasteiger partial charge in [-0.2, -0.15) is 10.4 Å². The van der Waals surface area contributed by atoms with Gasteiger partial charge in [-0.05, 0) is 64.1 Å². The molecule has 9 heteroatoms. The van der Waals surface area contributed by atoms with Crippen LogP contribution in [-0.4, -0.2) is 63.9 Å². The molecule has 2 fully saturated rings. The Morgan fingerprint density at radius 2 is 1.91 bits per heavy atom. The van der Waals surface area contributed by atoms with E-state index in [2.05, 4.69) is 59.9 Å². The Hall–Kier alpha value is -3.48. The van der Waals surface area contributed by atoms with Gasteiger partial charge in [0.15, 0.2) is 0 Å². The van der Waals surface area contributed by atoms with E-state index in [0.29, 0.717) is 23.6 Å². The predicted molar refractivity (Wildman–Crippen MR) is 128 cm³/mol. The average Bonchev–Trinajstić information content (AvgIpc) is 3.53. The summed E-state index contributed by atoms with van der Waals surface area (Å²) in [4.78, 5) is 11.4. The quantitative estimate of drug-likeness (QED) is 0.534. The first-order valence-electron chi connectivity index (χ1n) is 11.5. The number of nitrogens with zero attached hydrogens (tertiary/aromatic N) is 6. The molecule has 0 amide bonds. The minimum atomic E-state index is 0.332. The van der Waals surface area contributed by atoms with Crippen molar-refractivity contribution in [2.75, 3.05) is 43.9 Å². The zero-order valence-corrected chi connectivity index (χ0v) is 18.8. The van der Waals surface area contributed by atoms with Crippen molar-refractivity contribution in [2.24, 2.45) is 0 Å². The van der Waals surface area contributed by atoms with E-state index in [9.17, 15) is 5.26 Å². The van der Waals surface area contributed by atoms with Crippen LogP contribution < -0.4 is 16.0 Å². The maximum absolute atomic E-state index is 9.45. The third kappa shape index (κ3) is 4.97. The number of nitrogens with one attached hydrogen (secondary N) is 3. The van der Waals surface area contributed by atoms with Gasteiger partial charge in [0.2, 0.25) is 5.95 Å². The molecule has 3 aromatic rings. The van der Waals surface area contributed by atoms with Gasteiger partial charge in [0.05, 0.1) is 23.5 Å². The Labute approximate surface area is 193 Å². The zero-order valence-electron chi connectivity index (χ0n) is 18.8. The predicted octanol–water partition coefficient (Wildman–Crippen LogP) is 3.00. The second kappa shape index (κ2) is 9.57. The van der Waals surface area contributed by atoms with E-state index in [-0.39, 0.29) is 0 Å². The van der Waals surface area contributed by atoms with Crippen molar-refractivity contribution < 1.29 is 0 Å². The number of rotatable bonds is 6. The van der Waals surface area contributed by atoms with Crippen LogP contribution in [-0.2, 0) is 0 Å². The summed E-state index contributed by atoms with van der Waals surface area (Å²) in [7, 11) is 2.17. The number of benzene rings is 1. The normalized spacial score (nSPS) is 19.3. The molecular weight excluding hydrogens is 414 g/mol. The Morgan fingerprint density at radius 3 is 2.64 bits per heavy atom. The van der Waals surface area contributed by atoms with E-state index < -0.39 is 0 Å². The molecule has 170 valence electrons. The summed E-state index contributed by atoms with van der Waals surface area (Å²) in [6.07, 6.45) is 10.9. The minimum absolute atomic E-state index is 0.332. The van der Waals surface area contributed by atoms with Crippen LogP contribution in [0, 0.1) is 11.3 Å². The fourth-order valence-electron chi connectivity index (χ4n) is 4.45. The zero-order chi connectivity index (χ0) is 22.6. The number of hydrogen-bond acceptors (Lipinski definition) is 8. The summed E-state index contributed by atoms with van der Waals surface area (Å²) in [5.74, 6) is 0.514. The highest BCUT2D eigenvalue weighted by Crippen LogP contribution is 2.26. The molecule has 0 saturated carbocycles. The molecule has 2 aliphatic heterocycles. The number of anilines is 3. The standard InChI is InChI=1S/C24H29N9/c1-32-8-5-22(6-9-32)33-16-19(14-29-33)18-12-27-24(28-13-18)31-20-3-2-17(11-25)23(10-20)30-21-4-7-26-15-21/h2-3,10,12-14,16,21-22,26,30H,4-9,15H2,1H3,(H,27,28,31). The van der Waals surface area contributed by atoms with Crippen LogP contribution in [0.1, 0.15) is 30.9 Å². The lowest BCUT2D eigenvalue weighted by atomic mass is 10.1. The first-order chi connectivity index (χ1) is 16.2. The van der Waals surface area contributed by atoms with Crippen molar-refractivity contribution in [3.8, 4) is 17.2 Å². The van der Waals surface area contributed by atoms with Gasteiger partial charge >= 0.3 is 0 Å². The number of nitriles is 1. The number of hydrogen-bond donors (Lipinski definition) is 3. The summed E-state index contributed by atoms with van der Waals surface area (Å²) in [6.45, 7) is 4.11. The van der Waals surface area contributed by atoms with E-state index in [0.717, 1.165) is 67.9 Å². The lowest BCUT2D eigenvalue weighted by molar-refractivity contribution is 0.212. The van der Waals surface area contributed by atoms with Crippen molar-refractivity contribution in [1.82, 2.24) is 30.0 Å². The van der Waals surface area contributed by atoms with Crippen LogP contribution in [0.2, 0.25) is 0 Å². The smallest absolute Gasteiger partial charge is 0.227 e. The van der Waals surface area contributed by atoms with Crippen LogP contribution in [0.25, 0.3) is 11.1 Å². The second-order valence-corrected chi connectivity index (χ2v) is 8.87. The summed E-state index contributed by atoms with van der Waals surface area (Å²) >= 11 is 0. The molecule has 0 bridgehead atoms. The molecule has 1 aromatic carbocycles. The van der Waals surface area contributed by atoms with Gasteiger partial charge in [-0.1, -0.05) is 0 Å². The number of aromatic nitrogens is 4. The molecule has 0 aliphatic carbocycles. The van der Waals surface area contributed by atoms with Gasteiger partial charge in [-0.3, -0.25) is 4.68 Å². The van der Waals surface area contributed by atoms with E-state index in [1.54, 1.807) is 0 Å². The van der Waals surface area contributed by atoms with Crippen molar-refractivity contribution in [2.45, 2.75) is 31.3 Å². The lowest BCUT2D eigenvalue weighted by Gasteiger charge is -2.28. The highest BCUT2D eigenvalue weighted by Gasteiger charge is 2.19. The van der Waals surface area contributed by atoms with Crippen LogP contribution in [0.3, 0.4) is 0 Å². The minimum Gasteiger partial charge on any atom is -0.380 e. The maximum Gasteiger partial charge on any atom is 0.227 e. The molecule has 4 heterocycles. The summed E-state index contributed by atoms with van der Waals surface area (Å²) in [5, 5.41) is 24.1. The van der Waals surface area contributed by atoms with Gasteiger partial charge in [0.1, 0.15) is 6.07 Å². The molecule has 9 nitrogen and oxygen atoms in total. The molecule has 0 spiro atoms. The summed E-state index contributed by atoms with van der Waals surface area (Å²) in [6, 6.07) is 8.69. The third-order valence-corrected chi connectivity index (χ3v) is 6.46. The Balaban J connectivity index is 1.26. The van der Waals surface area contributed by atoms with E-state index in [1.165, 1.54) is 0 Å². The first-order valence-corrected chi connectivity index (χ1v) is 11.5. The van der Waals surface area contributed by atoms with Crippen LogP contribution in [0.4, 0.5) is 17.3 Å². The Kier molecular flexibility index (Phi) is 6.19. The third-order valence-electron chi connectivity index (χ3n) is 6.46. The van der Waals surface area contributed by atoms with Gasteiger partial charge in [-0.15, -0.1) is 0 Å². The van der Waals surface area contributed by atoms with E-state index in [4.69, 9.17) is 0 Å². The molecular formula is C24H29N9. The van der Waals surface area contributed by atoms with Crippen molar-refractivity contribution >= 4 is 17.3 Å². The topological polar surface area (TPSA) is 107 Å². The van der Waals surface area contributed by atoms with Crippen LogP contribution in [0.15, 0.2) is 43.0 Å². The largest absolute Gasteiger partial charge is 0.380 e. The molecule has 33 heavy (non-hydrogen) atoms. The number of piperidine rings is 1. The van der Waals surface area contributed by atoms with Gasteiger partial charge in [0, 0.05) is 48.0 Å². The fourth-order valence-corrected chi connectivity index (χ4v) is 4.45. The molecule has 2 aromatic heterocycles. The molecule has 2 aliphatic rings. The SMILES string of the molecule is CN1CCC(n2cc(-c3cnc(Nc4ccc(C#N)c(NC5CCNC5)c4)nc3)cn2)CC1. The monoisotopic (exact) mass is 443 g/mol. The average molecular weight is 444 g/mol. The van der Waals surface area contributed by atoms with Crippen molar-refractivity contribution in [3.63, 3.8) is 0 Å².